The second-order valence-corrected chi connectivity index (χ2v) is 5.37. The van der Waals surface area contributed by atoms with Crippen LogP contribution in [0.3, 0.4) is 0 Å². The molecule has 1 atom stereocenters. The monoisotopic (exact) mass is 313 g/mol. The zero-order valence-electron chi connectivity index (χ0n) is 13.8. The lowest BCUT2D eigenvalue weighted by molar-refractivity contribution is -0.127. The molecular formula is C19H23NO3. The van der Waals surface area contributed by atoms with Gasteiger partial charge < -0.3 is 14.8 Å². The van der Waals surface area contributed by atoms with Gasteiger partial charge >= 0.3 is 0 Å². The first kappa shape index (κ1) is 16.9. The van der Waals surface area contributed by atoms with Crippen LogP contribution >= 0.6 is 0 Å². The molecule has 2 aromatic carbocycles. The summed E-state index contributed by atoms with van der Waals surface area (Å²) in [6.07, 6.45) is -0.549. The van der Waals surface area contributed by atoms with Crippen LogP contribution in [0, 0.1) is 6.92 Å². The highest BCUT2D eigenvalue weighted by molar-refractivity contribution is 5.80. The maximum Gasteiger partial charge on any atom is 0.261 e. The van der Waals surface area contributed by atoms with Gasteiger partial charge in [0.25, 0.3) is 5.91 Å². The van der Waals surface area contributed by atoms with Gasteiger partial charge in [-0.3, -0.25) is 4.79 Å². The van der Waals surface area contributed by atoms with Gasteiger partial charge in [-0.1, -0.05) is 24.3 Å². The first-order chi connectivity index (χ1) is 11.1. The van der Waals surface area contributed by atoms with E-state index in [0.29, 0.717) is 18.9 Å². The van der Waals surface area contributed by atoms with Crippen LogP contribution in [0.4, 0.5) is 0 Å². The van der Waals surface area contributed by atoms with Crippen LogP contribution in [0.1, 0.15) is 25.0 Å². The van der Waals surface area contributed by atoms with Crippen molar-refractivity contribution >= 4 is 5.91 Å². The third kappa shape index (κ3) is 5.33. The number of hydrogen-bond acceptors (Lipinski definition) is 3. The van der Waals surface area contributed by atoms with Gasteiger partial charge in [0.2, 0.25) is 0 Å². The molecule has 1 N–H and O–H groups in total. The van der Waals surface area contributed by atoms with Crippen molar-refractivity contribution in [1.82, 2.24) is 5.32 Å². The number of aryl methyl sites for hydroxylation is 1. The van der Waals surface area contributed by atoms with Crippen molar-refractivity contribution in [3.63, 3.8) is 0 Å². The Morgan fingerprint density at radius 3 is 2.61 bits per heavy atom. The SMILES string of the molecule is CCOc1cccc(CNC(=O)[C@@H](C)Oc2cccc(C)c2)c1. The zero-order valence-corrected chi connectivity index (χ0v) is 13.8. The Morgan fingerprint density at radius 1 is 1.13 bits per heavy atom. The maximum atomic E-state index is 12.1. The third-order valence-electron chi connectivity index (χ3n) is 3.35. The van der Waals surface area contributed by atoms with Gasteiger partial charge in [0.1, 0.15) is 11.5 Å². The fourth-order valence-corrected chi connectivity index (χ4v) is 2.19. The number of benzene rings is 2. The Labute approximate surface area is 137 Å². The van der Waals surface area contributed by atoms with Gasteiger partial charge in [0.05, 0.1) is 6.61 Å². The number of ether oxygens (including phenoxy) is 2. The average molecular weight is 313 g/mol. The molecule has 4 heteroatoms. The largest absolute Gasteiger partial charge is 0.494 e. The summed E-state index contributed by atoms with van der Waals surface area (Å²) >= 11 is 0. The van der Waals surface area contributed by atoms with Crippen LogP contribution in [0.5, 0.6) is 11.5 Å². The summed E-state index contributed by atoms with van der Waals surface area (Å²) < 4.78 is 11.1. The fraction of sp³-hybridized carbons (Fsp3) is 0.316. The summed E-state index contributed by atoms with van der Waals surface area (Å²) in [5.41, 5.74) is 2.09. The number of amides is 1. The molecular weight excluding hydrogens is 290 g/mol. The van der Waals surface area contributed by atoms with Crippen LogP contribution in [0.25, 0.3) is 0 Å². The standard InChI is InChI=1S/C19H23NO3/c1-4-22-17-9-6-8-16(12-17)13-20-19(21)15(3)23-18-10-5-7-14(2)11-18/h5-12,15H,4,13H2,1-3H3,(H,20,21)/t15-/m1/s1. The second kappa shape index (κ2) is 8.22. The van der Waals surface area contributed by atoms with Crippen molar-refractivity contribution in [3.8, 4) is 11.5 Å². The van der Waals surface area contributed by atoms with Crippen LogP contribution < -0.4 is 14.8 Å². The molecule has 0 saturated carbocycles. The second-order valence-electron chi connectivity index (χ2n) is 5.37. The summed E-state index contributed by atoms with van der Waals surface area (Å²) in [6.45, 7) is 6.74. The molecule has 2 rings (SSSR count). The molecule has 0 aliphatic rings. The molecule has 0 aliphatic heterocycles. The zero-order chi connectivity index (χ0) is 16.7. The van der Waals surface area contributed by atoms with E-state index < -0.39 is 6.10 Å². The third-order valence-corrected chi connectivity index (χ3v) is 3.35. The molecule has 0 aliphatic carbocycles. The Bertz CT molecular complexity index is 655. The minimum Gasteiger partial charge on any atom is -0.494 e. The van der Waals surface area contributed by atoms with E-state index >= 15 is 0 Å². The highest BCUT2D eigenvalue weighted by Gasteiger charge is 2.14. The van der Waals surface area contributed by atoms with Crippen molar-refractivity contribution in [1.29, 1.82) is 0 Å². The van der Waals surface area contributed by atoms with Gasteiger partial charge in [-0.05, 0) is 56.2 Å². The molecule has 0 saturated heterocycles. The molecule has 122 valence electrons. The van der Waals surface area contributed by atoms with Crippen LogP contribution in [-0.4, -0.2) is 18.6 Å². The van der Waals surface area contributed by atoms with Gasteiger partial charge in [-0.15, -0.1) is 0 Å². The lowest BCUT2D eigenvalue weighted by Crippen LogP contribution is -2.35. The molecule has 1 amide bonds. The quantitative estimate of drug-likeness (QED) is 0.851. The van der Waals surface area contributed by atoms with Crippen molar-refractivity contribution in [2.45, 2.75) is 33.4 Å². The van der Waals surface area contributed by atoms with Crippen molar-refractivity contribution in [2.24, 2.45) is 0 Å². The first-order valence-electron chi connectivity index (χ1n) is 7.81. The smallest absolute Gasteiger partial charge is 0.261 e. The molecule has 0 heterocycles. The Balaban J connectivity index is 1.87. The number of carbonyl (C=O) groups excluding carboxylic acids is 1. The highest BCUT2D eigenvalue weighted by atomic mass is 16.5. The summed E-state index contributed by atoms with van der Waals surface area (Å²) in [7, 11) is 0. The summed E-state index contributed by atoms with van der Waals surface area (Å²) in [5, 5.41) is 2.88. The molecule has 0 unspecified atom stereocenters. The fourth-order valence-electron chi connectivity index (χ4n) is 2.19. The van der Waals surface area contributed by atoms with Crippen LogP contribution in [-0.2, 0) is 11.3 Å². The van der Waals surface area contributed by atoms with Gasteiger partial charge in [-0.25, -0.2) is 0 Å². The number of nitrogens with one attached hydrogen (secondary N) is 1. The van der Waals surface area contributed by atoms with Crippen LogP contribution in [0.2, 0.25) is 0 Å². The number of rotatable bonds is 7. The first-order valence-corrected chi connectivity index (χ1v) is 7.81. The highest BCUT2D eigenvalue weighted by Crippen LogP contribution is 2.15. The lowest BCUT2D eigenvalue weighted by atomic mass is 10.2. The Hall–Kier alpha value is -2.49. The summed E-state index contributed by atoms with van der Waals surface area (Å²) in [4.78, 5) is 12.1. The molecule has 0 aromatic heterocycles. The molecule has 23 heavy (non-hydrogen) atoms. The van der Waals surface area contributed by atoms with E-state index in [1.165, 1.54) is 0 Å². The van der Waals surface area contributed by atoms with E-state index in [0.717, 1.165) is 16.9 Å². The van der Waals surface area contributed by atoms with E-state index in [4.69, 9.17) is 9.47 Å². The normalized spacial score (nSPS) is 11.6. The minimum atomic E-state index is -0.549. The van der Waals surface area contributed by atoms with E-state index in [2.05, 4.69) is 5.32 Å². The summed E-state index contributed by atoms with van der Waals surface area (Å²) in [5.74, 6) is 1.36. The number of carbonyl (C=O) groups is 1. The van der Waals surface area contributed by atoms with Crippen molar-refractivity contribution in [2.75, 3.05) is 6.61 Å². The molecule has 0 bridgehead atoms. The van der Waals surface area contributed by atoms with Crippen LogP contribution in [0.15, 0.2) is 48.5 Å². The van der Waals surface area contributed by atoms with E-state index in [1.807, 2.05) is 62.4 Å². The minimum absolute atomic E-state index is 0.145. The van der Waals surface area contributed by atoms with Gasteiger partial charge in [0.15, 0.2) is 6.10 Å². The van der Waals surface area contributed by atoms with E-state index in [9.17, 15) is 4.79 Å². The van der Waals surface area contributed by atoms with Gasteiger partial charge in [-0.2, -0.15) is 0 Å². The van der Waals surface area contributed by atoms with Crippen molar-refractivity contribution < 1.29 is 14.3 Å². The van der Waals surface area contributed by atoms with Crippen molar-refractivity contribution in [3.05, 3.63) is 59.7 Å². The van der Waals surface area contributed by atoms with Gasteiger partial charge in [0, 0.05) is 6.54 Å². The average Bonchev–Trinajstić information content (AvgIpc) is 2.53. The predicted molar refractivity (Wildman–Crippen MR) is 90.7 cm³/mol. The number of hydrogen-bond donors (Lipinski definition) is 1. The maximum absolute atomic E-state index is 12.1. The Morgan fingerprint density at radius 2 is 1.87 bits per heavy atom. The lowest BCUT2D eigenvalue weighted by Gasteiger charge is -2.15. The molecule has 0 radical (unpaired) electrons. The Kier molecular flexibility index (Phi) is 6.03. The predicted octanol–water partition coefficient (Wildman–Crippen LogP) is 3.48. The molecule has 4 nitrogen and oxygen atoms in total. The topological polar surface area (TPSA) is 47.6 Å². The summed E-state index contributed by atoms with van der Waals surface area (Å²) in [6, 6.07) is 15.4. The molecule has 0 spiro atoms. The molecule has 0 fully saturated rings. The molecule has 2 aromatic rings. The van der Waals surface area contributed by atoms with E-state index in [-0.39, 0.29) is 5.91 Å². The van der Waals surface area contributed by atoms with E-state index in [1.54, 1.807) is 6.92 Å².